The highest BCUT2D eigenvalue weighted by molar-refractivity contribution is 6.30. The maximum Gasteiger partial charge on any atom is 0.136 e. The van der Waals surface area contributed by atoms with Gasteiger partial charge in [0.15, 0.2) is 0 Å². The molecule has 0 bridgehead atoms. The molecule has 2 aromatic heterocycles. The number of aromatic nitrogens is 2. The average molecular weight is 340 g/mol. The average Bonchev–Trinajstić information content (AvgIpc) is 3.04. The van der Waals surface area contributed by atoms with E-state index in [0.29, 0.717) is 24.0 Å². The van der Waals surface area contributed by atoms with Crippen molar-refractivity contribution in [2.45, 2.75) is 59.2 Å². The number of halogens is 1. The third-order valence-corrected chi connectivity index (χ3v) is 4.37. The van der Waals surface area contributed by atoms with Crippen LogP contribution >= 0.6 is 11.6 Å². The predicted octanol–water partition coefficient (Wildman–Crippen LogP) is 3.54. The van der Waals surface area contributed by atoms with Crippen LogP contribution in [0.2, 0.25) is 5.15 Å². The zero-order valence-electron chi connectivity index (χ0n) is 14.3. The monoisotopic (exact) mass is 339 g/mol. The van der Waals surface area contributed by atoms with Gasteiger partial charge in [0, 0.05) is 25.2 Å². The quantitative estimate of drug-likeness (QED) is 0.772. The van der Waals surface area contributed by atoms with E-state index in [1.165, 1.54) is 0 Å². The summed E-state index contributed by atoms with van der Waals surface area (Å²) in [6.07, 6.45) is 2.16. The van der Waals surface area contributed by atoms with Crippen LogP contribution in [-0.4, -0.2) is 21.4 Å². The molecule has 5 nitrogen and oxygen atoms in total. The summed E-state index contributed by atoms with van der Waals surface area (Å²) < 4.78 is 7.37. The zero-order chi connectivity index (χ0) is 17.0. The highest BCUT2D eigenvalue weighted by Crippen LogP contribution is 2.23. The predicted molar refractivity (Wildman–Crippen MR) is 91.6 cm³/mol. The van der Waals surface area contributed by atoms with E-state index in [2.05, 4.69) is 17.3 Å². The van der Waals surface area contributed by atoms with Gasteiger partial charge >= 0.3 is 0 Å². The molecule has 23 heavy (non-hydrogen) atoms. The number of nitrogens with zero attached hydrogens (tertiary/aromatic N) is 2. The molecule has 0 spiro atoms. The van der Waals surface area contributed by atoms with E-state index in [-0.39, 0.29) is 0 Å². The van der Waals surface area contributed by atoms with E-state index in [1.807, 2.05) is 24.6 Å². The van der Waals surface area contributed by atoms with Gasteiger partial charge in [-0.1, -0.05) is 24.9 Å². The molecule has 1 atom stereocenters. The van der Waals surface area contributed by atoms with Crippen molar-refractivity contribution < 1.29 is 9.52 Å². The first-order chi connectivity index (χ1) is 10.8. The van der Waals surface area contributed by atoms with E-state index >= 15 is 0 Å². The van der Waals surface area contributed by atoms with Crippen molar-refractivity contribution in [1.82, 2.24) is 15.1 Å². The van der Waals surface area contributed by atoms with Gasteiger partial charge in [-0.25, -0.2) is 0 Å². The molecule has 2 N–H and O–H groups in total. The minimum Gasteiger partial charge on any atom is -0.463 e. The second-order valence-electron chi connectivity index (χ2n) is 6.22. The summed E-state index contributed by atoms with van der Waals surface area (Å²) in [7, 11) is 0. The lowest BCUT2D eigenvalue weighted by atomic mass is 10.0. The molecule has 2 heterocycles. The van der Waals surface area contributed by atoms with Crippen LogP contribution in [0.4, 0.5) is 0 Å². The molecule has 2 rings (SSSR count). The Balaban J connectivity index is 1.97. The van der Waals surface area contributed by atoms with Gasteiger partial charge in [-0.2, -0.15) is 5.10 Å². The third-order valence-electron chi connectivity index (χ3n) is 3.95. The number of aliphatic hydroxyl groups is 1. The summed E-state index contributed by atoms with van der Waals surface area (Å²) >= 11 is 6.42. The van der Waals surface area contributed by atoms with Gasteiger partial charge in [0.05, 0.1) is 5.69 Å². The summed E-state index contributed by atoms with van der Waals surface area (Å²) in [6, 6.07) is 3.65. The SMILES string of the molecule is CCCCn1nc(C)c(CNCC(C)(O)c2ccc(C)o2)c1Cl. The third kappa shape index (κ3) is 4.37. The van der Waals surface area contributed by atoms with Crippen molar-refractivity contribution >= 4 is 11.6 Å². The molecule has 0 aliphatic carbocycles. The lowest BCUT2D eigenvalue weighted by Crippen LogP contribution is -2.34. The van der Waals surface area contributed by atoms with Crippen molar-refractivity contribution in [3.05, 3.63) is 40.1 Å². The van der Waals surface area contributed by atoms with Gasteiger partial charge in [0.1, 0.15) is 22.3 Å². The van der Waals surface area contributed by atoms with Crippen LogP contribution in [0.3, 0.4) is 0 Å². The summed E-state index contributed by atoms with van der Waals surface area (Å²) in [5.74, 6) is 1.35. The van der Waals surface area contributed by atoms with Gasteiger partial charge in [-0.15, -0.1) is 0 Å². The Morgan fingerprint density at radius 1 is 1.39 bits per heavy atom. The van der Waals surface area contributed by atoms with Crippen LogP contribution in [-0.2, 0) is 18.7 Å². The Kier molecular flexibility index (Phi) is 5.89. The fourth-order valence-electron chi connectivity index (χ4n) is 2.49. The molecule has 2 aromatic rings. The molecule has 0 saturated heterocycles. The lowest BCUT2D eigenvalue weighted by Gasteiger charge is -2.21. The number of hydrogen-bond acceptors (Lipinski definition) is 4. The van der Waals surface area contributed by atoms with Gasteiger partial charge in [0.2, 0.25) is 0 Å². The van der Waals surface area contributed by atoms with Gasteiger partial charge in [-0.05, 0) is 39.3 Å². The molecule has 0 aliphatic rings. The van der Waals surface area contributed by atoms with Crippen LogP contribution in [0, 0.1) is 13.8 Å². The fraction of sp³-hybridized carbons (Fsp3) is 0.588. The summed E-state index contributed by atoms with van der Waals surface area (Å²) in [5.41, 5.74) is 0.841. The number of unbranched alkanes of at least 4 members (excludes halogenated alkanes) is 1. The highest BCUT2D eigenvalue weighted by atomic mass is 35.5. The molecule has 0 saturated carbocycles. The number of aryl methyl sites for hydroxylation is 3. The molecule has 0 aromatic carbocycles. The number of hydrogen-bond donors (Lipinski definition) is 2. The van der Waals surface area contributed by atoms with Crippen molar-refractivity contribution in [1.29, 1.82) is 0 Å². The van der Waals surface area contributed by atoms with E-state index < -0.39 is 5.60 Å². The van der Waals surface area contributed by atoms with Crippen molar-refractivity contribution in [2.75, 3.05) is 6.54 Å². The molecule has 0 fully saturated rings. The van der Waals surface area contributed by atoms with Gasteiger partial charge < -0.3 is 14.8 Å². The van der Waals surface area contributed by atoms with E-state index in [1.54, 1.807) is 13.0 Å². The molecule has 0 aliphatic heterocycles. The van der Waals surface area contributed by atoms with Crippen LogP contribution in [0.1, 0.15) is 49.5 Å². The minimum absolute atomic E-state index is 0.371. The highest BCUT2D eigenvalue weighted by Gasteiger charge is 2.26. The Labute approximate surface area is 142 Å². The van der Waals surface area contributed by atoms with Gasteiger partial charge in [-0.3, -0.25) is 4.68 Å². The maximum absolute atomic E-state index is 10.5. The van der Waals surface area contributed by atoms with Crippen molar-refractivity contribution in [3.63, 3.8) is 0 Å². The Morgan fingerprint density at radius 2 is 2.13 bits per heavy atom. The number of rotatable bonds is 8. The molecular formula is C17H26ClN3O2. The maximum atomic E-state index is 10.5. The van der Waals surface area contributed by atoms with Crippen LogP contribution < -0.4 is 5.32 Å². The molecule has 0 amide bonds. The topological polar surface area (TPSA) is 63.2 Å². The van der Waals surface area contributed by atoms with E-state index in [9.17, 15) is 5.11 Å². The van der Waals surface area contributed by atoms with Crippen molar-refractivity contribution in [2.24, 2.45) is 0 Å². The van der Waals surface area contributed by atoms with E-state index in [4.69, 9.17) is 16.0 Å². The second kappa shape index (κ2) is 7.51. The van der Waals surface area contributed by atoms with E-state index in [0.717, 1.165) is 36.4 Å². The van der Waals surface area contributed by atoms with Crippen LogP contribution in [0.15, 0.2) is 16.5 Å². The first-order valence-electron chi connectivity index (χ1n) is 8.07. The molecular weight excluding hydrogens is 314 g/mol. The largest absolute Gasteiger partial charge is 0.463 e. The number of nitrogens with one attached hydrogen (secondary N) is 1. The van der Waals surface area contributed by atoms with Crippen molar-refractivity contribution in [3.8, 4) is 0 Å². The van der Waals surface area contributed by atoms with Crippen LogP contribution in [0.5, 0.6) is 0 Å². The van der Waals surface area contributed by atoms with Crippen LogP contribution in [0.25, 0.3) is 0 Å². The summed E-state index contributed by atoms with van der Waals surface area (Å²) in [5, 5.41) is 18.9. The molecule has 1 unspecified atom stereocenters. The molecule has 128 valence electrons. The Hall–Kier alpha value is -1.30. The first kappa shape index (κ1) is 18.0. The lowest BCUT2D eigenvalue weighted by molar-refractivity contribution is 0.0332. The number of furan rings is 1. The summed E-state index contributed by atoms with van der Waals surface area (Å²) in [6.45, 7) is 9.46. The minimum atomic E-state index is -1.06. The fourth-order valence-corrected chi connectivity index (χ4v) is 2.82. The smallest absolute Gasteiger partial charge is 0.136 e. The standard InChI is InChI=1S/C17H26ClN3O2/c1-5-6-9-21-16(18)14(13(3)20-21)10-19-11-17(4,22)15-8-7-12(2)23-15/h7-8,19,22H,5-6,9-11H2,1-4H3. The normalized spacial score (nSPS) is 14.2. The summed E-state index contributed by atoms with van der Waals surface area (Å²) in [4.78, 5) is 0. The zero-order valence-corrected chi connectivity index (χ0v) is 15.1. The first-order valence-corrected chi connectivity index (χ1v) is 8.44. The Bertz CT molecular complexity index is 646. The molecule has 6 heteroatoms. The van der Waals surface area contributed by atoms with Gasteiger partial charge in [0.25, 0.3) is 0 Å². The second-order valence-corrected chi connectivity index (χ2v) is 6.58. The Morgan fingerprint density at radius 3 is 2.74 bits per heavy atom. The molecule has 0 radical (unpaired) electrons.